The minimum atomic E-state index is -1.31. The minimum absolute atomic E-state index is 0.280. The number of carboxylic acid groups (broad SMARTS) is 1. The summed E-state index contributed by atoms with van der Waals surface area (Å²) in [7, 11) is 0. The highest BCUT2D eigenvalue weighted by Gasteiger charge is 2.40. The van der Waals surface area contributed by atoms with Gasteiger partial charge in [0.15, 0.2) is 6.10 Å². The third-order valence-corrected chi connectivity index (χ3v) is 2.49. The zero-order valence-electron chi connectivity index (χ0n) is 12.3. The molecule has 0 saturated heterocycles. The summed E-state index contributed by atoms with van der Waals surface area (Å²) in [6.45, 7) is 5.93. The third-order valence-electron chi connectivity index (χ3n) is 2.49. The molecule has 1 rings (SSSR count). The molecule has 8 heteroatoms. The lowest BCUT2D eigenvalue weighted by atomic mass is 10.1. The molecule has 1 heterocycles. The van der Waals surface area contributed by atoms with E-state index in [0.717, 1.165) is 6.08 Å². The Labute approximate surface area is 122 Å². The standard InChI is InChI=1S/C13H19NO7/c1-6(2)19-13-11(14-7(3)15)9(20-8(4)16)5-10(21-13)12(17)18/h5-6,9,11,13H,1-4H3,(H,14,15)(H,17,18)/t9-,11+,13+/m0/s1. The van der Waals surface area contributed by atoms with E-state index in [0.29, 0.717) is 0 Å². The first-order valence-electron chi connectivity index (χ1n) is 6.42. The molecule has 0 aromatic carbocycles. The monoisotopic (exact) mass is 301 g/mol. The number of nitrogens with one attached hydrogen (secondary N) is 1. The van der Waals surface area contributed by atoms with Gasteiger partial charge in [-0.05, 0) is 13.8 Å². The van der Waals surface area contributed by atoms with E-state index in [4.69, 9.17) is 19.3 Å². The molecule has 0 fully saturated rings. The van der Waals surface area contributed by atoms with Crippen molar-refractivity contribution in [2.24, 2.45) is 0 Å². The van der Waals surface area contributed by atoms with Gasteiger partial charge in [-0.15, -0.1) is 0 Å². The number of carbonyl (C=O) groups excluding carboxylic acids is 2. The van der Waals surface area contributed by atoms with Crippen molar-refractivity contribution in [3.05, 3.63) is 11.8 Å². The lowest BCUT2D eigenvalue weighted by Gasteiger charge is -2.36. The summed E-state index contributed by atoms with van der Waals surface area (Å²) in [5, 5.41) is 11.6. The highest BCUT2D eigenvalue weighted by atomic mass is 16.7. The van der Waals surface area contributed by atoms with Gasteiger partial charge in [0.1, 0.15) is 6.04 Å². The zero-order chi connectivity index (χ0) is 16.2. The van der Waals surface area contributed by atoms with Crippen LogP contribution >= 0.6 is 0 Å². The Morgan fingerprint density at radius 3 is 2.38 bits per heavy atom. The summed E-state index contributed by atoms with van der Waals surface area (Å²) in [5.41, 5.74) is 0. The molecular weight excluding hydrogens is 282 g/mol. The normalized spacial score (nSPS) is 24.8. The van der Waals surface area contributed by atoms with E-state index in [1.165, 1.54) is 13.8 Å². The van der Waals surface area contributed by atoms with E-state index in [-0.39, 0.29) is 12.0 Å². The summed E-state index contributed by atoms with van der Waals surface area (Å²) >= 11 is 0. The van der Waals surface area contributed by atoms with Crippen molar-refractivity contribution >= 4 is 17.8 Å². The number of hydrogen-bond acceptors (Lipinski definition) is 6. The highest BCUT2D eigenvalue weighted by molar-refractivity contribution is 5.84. The van der Waals surface area contributed by atoms with E-state index in [1.54, 1.807) is 13.8 Å². The first kappa shape index (κ1) is 17.0. The number of carbonyl (C=O) groups is 3. The van der Waals surface area contributed by atoms with Crippen LogP contribution in [0.2, 0.25) is 0 Å². The molecule has 1 aliphatic heterocycles. The number of ether oxygens (including phenoxy) is 3. The summed E-state index contributed by atoms with van der Waals surface area (Å²) in [4.78, 5) is 33.5. The molecule has 0 spiro atoms. The van der Waals surface area contributed by atoms with Crippen LogP contribution in [-0.4, -0.2) is 47.5 Å². The predicted octanol–water partition coefficient (Wildman–Crippen LogP) is 0.173. The Hall–Kier alpha value is -2.09. The van der Waals surface area contributed by atoms with Crippen molar-refractivity contribution in [1.82, 2.24) is 5.32 Å². The van der Waals surface area contributed by atoms with Crippen molar-refractivity contribution in [2.75, 3.05) is 0 Å². The van der Waals surface area contributed by atoms with Crippen molar-refractivity contribution in [3.63, 3.8) is 0 Å². The Morgan fingerprint density at radius 1 is 1.33 bits per heavy atom. The summed E-state index contributed by atoms with van der Waals surface area (Å²) in [5.74, 6) is -2.70. The van der Waals surface area contributed by atoms with Crippen molar-refractivity contribution in [3.8, 4) is 0 Å². The molecule has 3 atom stereocenters. The van der Waals surface area contributed by atoms with Gasteiger partial charge in [-0.2, -0.15) is 0 Å². The van der Waals surface area contributed by atoms with Crippen LogP contribution in [0.25, 0.3) is 0 Å². The fourth-order valence-corrected chi connectivity index (χ4v) is 1.83. The van der Waals surface area contributed by atoms with Crippen LogP contribution in [0.5, 0.6) is 0 Å². The SMILES string of the molecule is CC(=O)N[C@H]1[C@H](OC(C)C)OC(C(=O)O)=C[C@@H]1OC(C)=O. The summed E-state index contributed by atoms with van der Waals surface area (Å²) in [6.07, 6.45) is -1.22. The van der Waals surface area contributed by atoms with Gasteiger partial charge < -0.3 is 24.6 Å². The Balaban J connectivity index is 3.10. The van der Waals surface area contributed by atoms with E-state index < -0.39 is 36.1 Å². The zero-order valence-corrected chi connectivity index (χ0v) is 12.3. The average Bonchev–Trinajstić information content (AvgIpc) is 2.30. The van der Waals surface area contributed by atoms with Crippen molar-refractivity contribution in [2.45, 2.75) is 52.2 Å². The first-order chi connectivity index (χ1) is 9.70. The number of amides is 1. The smallest absolute Gasteiger partial charge is 0.371 e. The second kappa shape index (κ2) is 7.07. The maximum atomic E-state index is 11.3. The average molecular weight is 301 g/mol. The predicted molar refractivity (Wildman–Crippen MR) is 70.0 cm³/mol. The molecule has 0 saturated carbocycles. The molecule has 21 heavy (non-hydrogen) atoms. The molecule has 0 aromatic heterocycles. The van der Waals surface area contributed by atoms with Crippen LogP contribution < -0.4 is 5.32 Å². The summed E-state index contributed by atoms with van der Waals surface area (Å²) < 4.78 is 15.7. The Morgan fingerprint density at radius 2 is 1.95 bits per heavy atom. The van der Waals surface area contributed by atoms with Crippen LogP contribution in [0.3, 0.4) is 0 Å². The lowest BCUT2D eigenvalue weighted by molar-refractivity contribution is -0.193. The minimum Gasteiger partial charge on any atom is -0.475 e. The van der Waals surface area contributed by atoms with Crippen molar-refractivity contribution in [1.29, 1.82) is 0 Å². The topological polar surface area (TPSA) is 111 Å². The molecule has 2 N–H and O–H groups in total. The molecule has 1 aliphatic rings. The van der Waals surface area contributed by atoms with Gasteiger partial charge >= 0.3 is 11.9 Å². The van der Waals surface area contributed by atoms with E-state index in [9.17, 15) is 14.4 Å². The van der Waals surface area contributed by atoms with Gasteiger partial charge in [-0.3, -0.25) is 9.59 Å². The third kappa shape index (κ3) is 5.07. The molecule has 0 aliphatic carbocycles. The van der Waals surface area contributed by atoms with Crippen molar-refractivity contribution < 1.29 is 33.7 Å². The number of hydrogen-bond donors (Lipinski definition) is 2. The molecule has 118 valence electrons. The van der Waals surface area contributed by atoms with Crippen LogP contribution in [0.15, 0.2) is 11.8 Å². The summed E-state index contributed by atoms with van der Waals surface area (Å²) in [6, 6.07) is -0.836. The fraction of sp³-hybridized carbons (Fsp3) is 0.615. The highest BCUT2D eigenvalue weighted by Crippen LogP contribution is 2.23. The quantitative estimate of drug-likeness (QED) is 0.696. The maximum Gasteiger partial charge on any atom is 0.371 e. The molecule has 1 amide bonds. The van der Waals surface area contributed by atoms with Crippen LogP contribution in [0.4, 0.5) is 0 Å². The Kier molecular flexibility index (Phi) is 5.71. The van der Waals surface area contributed by atoms with Gasteiger partial charge in [0.25, 0.3) is 0 Å². The fourth-order valence-electron chi connectivity index (χ4n) is 1.83. The first-order valence-corrected chi connectivity index (χ1v) is 6.42. The van der Waals surface area contributed by atoms with Crippen LogP contribution in [0.1, 0.15) is 27.7 Å². The molecule has 0 unspecified atom stereocenters. The largest absolute Gasteiger partial charge is 0.475 e. The Bertz CT molecular complexity index is 457. The van der Waals surface area contributed by atoms with E-state index >= 15 is 0 Å². The maximum absolute atomic E-state index is 11.3. The van der Waals surface area contributed by atoms with Gasteiger partial charge in [0, 0.05) is 19.9 Å². The molecule has 0 radical (unpaired) electrons. The van der Waals surface area contributed by atoms with Crippen LogP contribution in [0, 0.1) is 0 Å². The van der Waals surface area contributed by atoms with E-state index in [2.05, 4.69) is 5.32 Å². The lowest BCUT2D eigenvalue weighted by Crippen LogP contribution is -2.55. The van der Waals surface area contributed by atoms with E-state index in [1.807, 2.05) is 0 Å². The molecule has 8 nitrogen and oxygen atoms in total. The molecular formula is C13H19NO7. The number of aliphatic carboxylic acids is 1. The second-order valence-corrected chi connectivity index (χ2v) is 4.81. The van der Waals surface area contributed by atoms with Gasteiger partial charge in [0.2, 0.25) is 18.0 Å². The van der Waals surface area contributed by atoms with Gasteiger partial charge in [-0.25, -0.2) is 4.79 Å². The molecule has 0 bridgehead atoms. The number of rotatable bonds is 5. The van der Waals surface area contributed by atoms with Gasteiger partial charge in [-0.1, -0.05) is 0 Å². The number of esters is 1. The van der Waals surface area contributed by atoms with Crippen LogP contribution in [-0.2, 0) is 28.6 Å². The number of carboxylic acids is 1. The van der Waals surface area contributed by atoms with Gasteiger partial charge in [0.05, 0.1) is 6.10 Å². The second-order valence-electron chi connectivity index (χ2n) is 4.81. The molecule has 0 aromatic rings.